The summed E-state index contributed by atoms with van der Waals surface area (Å²) < 4.78 is 0. The average Bonchev–Trinajstić information content (AvgIpc) is 2.26. The Balaban J connectivity index is 2.74. The highest BCUT2D eigenvalue weighted by molar-refractivity contribution is 5.40. The van der Waals surface area contributed by atoms with Crippen LogP contribution in [0, 0.1) is 0 Å². The minimum absolute atomic E-state index is 0.170. The molecule has 5 N–H and O–H groups in total. The highest BCUT2D eigenvalue weighted by Crippen LogP contribution is 2.08. The molecule has 6 nitrogen and oxygen atoms in total. The molecule has 0 amide bonds. The van der Waals surface area contributed by atoms with Gasteiger partial charge in [-0.3, -0.25) is 4.98 Å². The van der Waals surface area contributed by atoms with Crippen LogP contribution >= 0.6 is 0 Å². The molecule has 1 rings (SSSR count). The second-order valence-electron chi connectivity index (χ2n) is 2.76. The minimum atomic E-state index is -0.433. The summed E-state index contributed by atoms with van der Waals surface area (Å²) in [6.07, 6.45) is 3.06. The second kappa shape index (κ2) is 5.48. The van der Waals surface area contributed by atoms with Crippen LogP contribution in [-0.2, 0) is 6.54 Å². The summed E-state index contributed by atoms with van der Waals surface area (Å²) in [5, 5.41) is 20.5. The molecule has 0 unspecified atom stereocenters. The number of aliphatic hydroxyl groups excluding tert-OH is 2. The van der Waals surface area contributed by atoms with Crippen LogP contribution in [0.15, 0.2) is 12.4 Å². The average molecular weight is 198 g/mol. The van der Waals surface area contributed by atoms with Gasteiger partial charge in [-0.05, 0) is 0 Å². The van der Waals surface area contributed by atoms with Crippen LogP contribution in [0.4, 0.5) is 5.82 Å². The molecule has 0 saturated carbocycles. The molecule has 1 aromatic rings. The fraction of sp³-hybridized carbons (Fsp3) is 0.500. The van der Waals surface area contributed by atoms with Crippen molar-refractivity contribution in [2.75, 3.05) is 18.5 Å². The number of nitrogens with one attached hydrogen (secondary N) is 1. The van der Waals surface area contributed by atoms with Gasteiger partial charge in [-0.2, -0.15) is 0 Å². The molecule has 1 aromatic heterocycles. The predicted molar refractivity (Wildman–Crippen MR) is 51.5 cm³/mol. The molecule has 0 aromatic carbocycles. The zero-order valence-electron chi connectivity index (χ0n) is 7.72. The van der Waals surface area contributed by atoms with Crippen molar-refractivity contribution in [2.24, 2.45) is 5.73 Å². The van der Waals surface area contributed by atoms with Gasteiger partial charge in [0.05, 0.1) is 24.9 Å². The number of aromatic nitrogens is 2. The lowest BCUT2D eigenvalue weighted by atomic mass is 10.3. The number of rotatable bonds is 5. The van der Waals surface area contributed by atoms with E-state index in [4.69, 9.17) is 15.9 Å². The number of anilines is 1. The molecule has 0 atom stereocenters. The summed E-state index contributed by atoms with van der Waals surface area (Å²) in [4.78, 5) is 8.01. The molecule has 0 fully saturated rings. The zero-order chi connectivity index (χ0) is 10.4. The first-order valence-electron chi connectivity index (χ1n) is 4.30. The van der Waals surface area contributed by atoms with Crippen LogP contribution in [0.5, 0.6) is 0 Å². The lowest BCUT2D eigenvalue weighted by molar-refractivity contribution is 0.203. The Labute approximate surface area is 81.8 Å². The molecule has 0 bridgehead atoms. The number of nitrogens with zero attached hydrogens (tertiary/aromatic N) is 2. The van der Waals surface area contributed by atoms with E-state index in [1.807, 2.05) is 0 Å². The van der Waals surface area contributed by atoms with Gasteiger partial charge in [-0.15, -0.1) is 0 Å². The van der Waals surface area contributed by atoms with E-state index in [9.17, 15) is 0 Å². The normalized spacial score (nSPS) is 10.6. The van der Waals surface area contributed by atoms with Crippen molar-refractivity contribution in [2.45, 2.75) is 12.6 Å². The predicted octanol–water partition coefficient (Wildman–Crippen LogP) is -1.30. The Kier molecular flexibility index (Phi) is 4.24. The molecule has 6 heteroatoms. The fourth-order valence-electron chi connectivity index (χ4n) is 0.979. The van der Waals surface area contributed by atoms with Gasteiger partial charge in [0, 0.05) is 18.9 Å². The molecule has 0 saturated heterocycles. The summed E-state index contributed by atoms with van der Waals surface area (Å²) in [6, 6.07) is -0.433. The van der Waals surface area contributed by atoms with Crippen LogP contribution in [0.1, 0.15) is 5.69 Å². The molecule has 1 heterocycles. The maximum absolute atomic E-state index is 8.85. The van der Waals surface area contributed by atoms with Crippen molar-refractivity contribution in [1.82, 2.24) is 9.97 Å². The smallest absolute Gasteiger partial charge is 0.149 e. The van der Waals surface area contributed by atoms with Crippen molar-refractivity contribution in [3.8, 4) is 0 Å². The summed E-state index contributed by atoms with van der Waals surface area (Å²) in [5.74, 6) is 0.503. The van der Waals surface area contributed by atoms with Crippen LogP contribution in [-0.4, -0.2) is 39.4 Å². The summed E-state index contributed by atoms with van der Waals surface area (Å²) >= 11 is 0. The number of nitrogens with two attached hydrogens (primary N) is 1. The Morgan fingerprint density at radius 3 is 2.50 bits per heavy atom. The number of hydrogen-bond donors (Lipinski definition) is 4. The van der Waals surface area contributed by atoms with Gasteiger partial charge in [0.1, 0.15) is 5.82 Å². The van der Waals surface area contributed by atoms with E-state index in [2.05, 4.69) is 15.3 Å². The lowest BCUT2D eigenvalue weighted by Gasteiger charge is -2.15. The minimum Gasteiger partial charge on any atom is -0.394 e. The zero-order valence-corrected chi connectivity index (χ0v) is 7.72. The third kappa shape index (κ3) is 2.63. The standard InChI is InChI=1S/C8H14N4O2/c9-3-7-8(11-2-1-10-7)12-6(4-13)5-14/h1-2,6,13-14H,3-5,9H2,(H,11,12). The van der Waals surface area contributed by atoms with E-state index < -0.39 is 6.04 Å². The van der Waals surface area contributed by atoms with E-state index in [0.29, 0.717) is 11.5 Å². The topological polar surface area (TPSA) is 104 Å². The van der Waals surface area contributed by atoms with Crippen molar-refractivity contribution in [1.29, 1.82) is 0 Å². The molecule has 0 aliphatic heterocycles. The molecule has 14 heavy (non-hydrogen) atoms. The van der Waals surface area contributed by atoms with Crippen LogP contribution < -0.4 is 11.1 Å². The van der Waals surface area contributed by atoms with Gasteiger partial charge in [0.25, 0.3) is 0 Å². The summed E-state index contributed by atoms with van der Waals surface area (Å²) in [5.41, 5.74) is 6.05. The molecule has 0 aliphatic rings. The Hall–Kier alpha value is -1.24. The third-order valence-corrected chi connectivity index (χ3v) is 1.75. The van der Waals surface area contributed by atoms with Gasteiger partial charge in [-0.1, -0.05) is 0 Å². The molecular formula is C8H14N4O2. The van der Waals surface area contributed by atoms with Crippen molar-refractivity contribution in [3.05, 3.63) is 18.1 Å². The second-order valence-corrected chi connectivity index (χ2v) is 2.76. The number of aliphatic hydroxyl groups is 2. The maximum atomic E-state index is 8.85. The van der Waals surface area contributed by atoms with Crippen molar-refractivity contribution in [3.63, 3.8) is 0 Å². The Bertz CT molecular complexity index is 278. The molecule has 78 valence electrons. The lowest BCUT2D eigenvalue weighted by Crippen LogP contribution is -2.29. The largest absolute Gasteiger partial charge is 0.394 e. The quantitative estimate of drug-likeness (QED) is 0.469. The van der Waals surface area contributed by atoms with Crippen LogP contribution in [0.3, 0.4) is 0 Å². The van der Waals surface area contributed by atoms with Crippen molar-refractivity contribution < 1.29 is 10.2 Å². The van der Waals surface area contributed by atoms with E-state index in [1.54, 1.807) is 6.20 Å². The van der Waals surface area contributed by atoms with Gasteiger partial charge in [0.2, 0.25) is 0 Å². The molecule has 0 spiro atoms. The van der Waals surface area contributed by atoms with E-state index >= 15 is 0 Å². The number of hydrogen-bond acceptors (Lipinski definition) is 6. The fourth-order valence-corrected chi connectivity index (χ4v) is 0.979. The molecule has 0 aliphatic carbocycles. The summed E-state index contributed by atoms with van der Waals surface area (Å²) in [6.45, 7) is -0.0755. The van der Waals surface area contributed by atoms with Crippen LogP contribution in [0.25, 0.3) is 0 Å². The van der Waals surface area contributed by atoms with E-state index in [0.717, 1.165) is 0 Å². The molecule has 0 radical (unpaired) electrons. The summed E-state index contributed by atoms with van der Waals surface area (Å²) in [7, 11) is 0. The monoisotopic (exact) mass is 198 g/mol. The van der Waals surface area contributed by atoms with Gasteiger partial charge >= 0.3 is 0 Å². The highest BCUT2D eigenvalue weighted by Gasteiger charge is 2.09. The third-order valence-electron chi connectivity index (χ3n) is 1.75. The SMILES string of the molecule is NCc1nccnc1NC(CO)CO. The Morgan fingerprint density at radius 1 is 1.29 bits per heavy atom. The highest BCUT2D eigenvalue weighted by atomic mass is 16.3. The molecular weight excluding hydrogens is 184 g/mol. The van der Waals surface area contributed by atoms with Crippen LogP contribution in [0.2, 0.25) is 0 Å². The van der Waals surface area contributed by atoms with Gasteiger partial charge < -0.3 is 21.3 Å². The Morgan fingerprint density at radius 2 is 1.93 bits per heavy atom. The van der Waals surface area contributed by atoms with E-state index in [-0.39, 0.29) is 19.8 Å². The first-order chi connectivity index (χ1) is 6.81. The maximum Gasteiger partial charge on any atom is 0.149 e. The van der Waals surface area contributed by atoms with E-state index in [1.165, 1.54) is 6.20 Å². The van der Waals surface area contributed by atoms with Gasteiger partial charge in [0.15, 0.2) is 0 Å². The first kappa shape index (κ1) is 10.8. The van der Waals surface area contributed by atoms with Gasteiger partial charge in [-0.25, -0.2) is 4.98 Å². The van der Waals surface area contributed by atoms with Crippen molar-refractivity contribution >= 4 is 5.82 Å². The first-order valence-corrected chi connectivity index (χ1v) is 4.30.